The lowest BCUT2D eigenvalue weighted by atomic mass is 10.1. The molecule has 1 unspecified atom stereocenters. The summed E-state index contributed by atoms with van der Waals surface area (Å²) < 4.78 is 0. The first-order chi connectivity index (χ1) is 8.56. The smallest absolute Gasteiger partial charge is 0.241 e. The largest absolute Gasteiger partial charge is 0.359 e. The first-order valence-corrected chi connectivity index (χ1v) is 5.92. The van der Waals surface area contributed by atoms with E-state index in [0.29, 0.717) is 18.5 Å². The molecular formula is C13H19N3O2. The molecule has 0 aliphatic rings. The van der Waals surface area contributed by atoms with Gasteiger partial charge in [0.15, 0.2) is 0 Å². The predicted octanol–water partition coefficient (Wildman–Crippen LogP) is 0.651. The van der Waals surface area contributed by atoms with Gasteiger partial charge in [0, 0.05) is 12.7 Å². The van der Waals surface area contributed by atoms with Crippen LogP contribution in [0.5, 0.6) is 0 Å². The lowest BCUT2D eigenvalue weighted by Gasteiger charge is -2.10. The summed E-state index contributed by atoms with van der Waals surface area (Å²) >= 11 is 0. The summed E-state index contributed by atoms with van der Waals surface area (Å²) in [6.45, 7) is 1.86. The fourth-order valence-electron chi connectivity index (χ4n) is 1.40. The van der Waals surface area contributed by atoms with Gasteiger partial charge in [0.2, 0.25) is 11.8 Å². The fourth-order valence-corrected chi connectivity index (χ4v) is 1.40. The number of carbonyl (C=O) groups excluding carboxylic acids is 2. The molecule has 0 bridgehead atoms. The average molecular weight is 249 g/mol. The minimum Gasteiger partial charge on any atom is -0.359 e. The number of amides is 2. The molecule has 5 nitrogen and oxygen atoms in total. The molecule has 98 valence electrons. The molecule has 18 heavy (non-hydrogen) atoms. The number of hydrogen-bond donors (Lipinski definition) is 3. The van der Waals surface area contributed by atoms with E-state index in [9.17, 15) is 9.59 Å². The van der Waals surface area contributed by atoms with E-state index in [-0.39, 0.29) is 11.8 Å². The summed E-state index contributed by atoms with van der Waals surface area (Å²) in [5, 5.41) is 5.28. The van der Waals surface area contributed by atoms with Gasteiger partial charge in [0.1, 0.15) is 0 Å². The van der Waals surface area contributed by atoms with Gasteiger partial charge in [-0.3, -0.25) is 9.59 Å². The van der Waals surface area contributed by atoms with Crippen LogP contribution in [-0.4, -0.2) is 24.9 Å². The molecule has 0 aliphatic carbocycles. The maximum absolute atomic E-state index is 11.6. The first kappa shape index (κ1) is 14.2. The van der Waals surface area contributed by atoms with Crippen LogP contribution in [0.15, 0.2) is 24.3 Å². The zero-order valence-electron chi connectivity index (χ0n) is 10.7. The Morgan fingerprint density at radius 3 is 2.39 bits per heavy atom. The van der Waals surface area contributed by atoms with E-state index < -0.39 is 6.04 Å². The lowest BCUT2D eigenvalue weighted by Crippen LogP contribution is -2.34. The lowest BCUT2D eigenvalue weighted by molar-refractivity contribution is -0.120. The molecule has 1 aromatic carbocycles. The van der Waals surface area contributed by atoms with Crippen LogP contribution < -0.4 is 16.4 Å². The number of anilines is 1. The van der Waals surface area contributed by atoms with E-state index >= 15 is 0 Å². The van der Waals surface area contributed by atoms with Crippen LogP contribution in [0.4, 0.5) is 5.69 Å². The Bertz CT molecular complexity index is 415. The third-order valence-corrected chi connectivity index (χ3v) is 2.64. The molecular weight excluding hydrogens is 230 g/mol. The standard InChI is InChI=1S/C13H19N3O2/c1-3-11(14)13(18)16-10-6-4-9(5-7-10)8-12(17)15-2/h4-7,11H,3,8,14H2,1-2H3,(H,15,17)(H,16,18). The second kappa shape index (κ2) is 6.76. The molecule has 5 heteroatoms. The number of hydrogen-bond acceptors (Lipinski definition) is 3. The van der Waals surface area contributed by atoms with Crippen LogP contribution in [0.25, 0.3) is 0 Å². The number of carbonyl (C=O) groups is 2. The summed E-state index contributed by atoms with van der Waals surface area (Å²) in [6, 6.07) is 6.65. The molecule has 4 N–H and O–H groups in total. The van der Waals surface area contributed by atoms with E-state index in [4.69, 9.17) is 5.73 Å². The normalized spacial score (nSPS) is 11.7. The van der Waals surface area contributed by atoms with Crippen molar-refractivity contribution < 1.29 is 9.59 Å². The molecule has 0 spiro atoms. The van der Waals surface area contributed by atoms with Crippen molar-refractivity contribution in [1.29, 1.82) is 0 Å². The maximum Gasteiger partial charge on any atom is 0.241 e. The van der Waals surface area contributed by atoms with Gasteiger partial charge in [-0.25, -0.2) is 0 Å². The van der Waals surface area contributed by atoms with Crippen molar-refractivity contribution >= 4 is 17.5 Å². The highest BCUT2D eigenvalue weighted by molar-refractivity contribution is 5.94. The van der Waals surface area contributed by atoms with Gasteiger partial charge in [0.25, 0.3) is 0 Å². The topological polar surface area (TPSA) is 84.2 Å². The molecule has 0 radical (unpaired) electrons. The molecule has 1 aromatic rings. The molecule has 0 saturated heterocycles. The molecule has 0 aromatic heterocycles. The minimum absolute atomic E-state index is 0.0419. The fraction of sp³-hybridized carbons (Fsp3) is 0.385. The van der Waals surface area contributed by atoms with Gasteiger partial charge < -0.3 is 16.4 Å². The second-order valence-electron chi connectivity index (χ2n) is 4.05. The third kappa shape index (κ3) is 4.18. The van der Waals surface area contributed by atoms with Crippen molar-refractivity contribution in [2.24, 2.45) is 5.73 Å². The van der Waals surface area contributed by atoms with Gasteiger partial charge in [-0.15, -0.1) is 0 Å². The molecule has 0 heterocycles. The number of nitrogens with two attached hydrogens (primary N) is 1. The zero-order chi connectivity index (χ0) is 13.5. The first-order valence-electron chi connectivity index (χ1n) is 5.92. The summed E-state index contributed by atoms with van der Waals surface area (Å²) in [7, 11) is 1.60. The monoisotopic (exact) mass is 249 g/mol. The summed E-state index contributed by atoms with van der Waals surface area (Å²) in [6.07, 6.45) is 0.930. The van der Waals surface area contributed by atoms with Crippen molar-refractivity contribution in [3.05, 3.63) is 29.8 Å². The van der Waals surface area contributed by atoms with Gasteiger partial charge in [-0.2, -0.15) is 0 Å². The quantitative estimate of drug-likeness (QED) is 0.716. The Morgan fingerprint density at radius 2 is 1.89 bits per heavy atom. The van der Waals surface area contributed by atoms with Crippen molar-refractivity contribution in [3.8, 4) is 0 Å². The van der Waals surface area contributed by atoms with E-state index in [1.54, 1.807) is 19.2 Å². The van der Waals surface area contributed by atoms with Gasteiger partial charge in [-0.1, -0.05) is 19.1 Å². The Labute approximate surface area is 107 Å². The van der Waals surface area contributed by atoms with E-state index in [0.717, 1.165) is 5.56 Å². The molecule has 0 aliphatic heterocycles. The highest BCUT2D eigenvalue weighted by Crippen LogP contribution is 2.10. The van der Waals surface area contributed by atoms with Crippen LogP contribution in [0.1, 0.15) is 18.9 Å². The summed E-state index contributed by atoms with van der Waals surface area (Å²) in [4.78, 5) is 22.7. The molecule has 2 amide bonds. The van der Waals surface area contributed by atoms with Crippen LogP contribution in [0.3, 0.4) is 0 Å². The third-order valence-electron chi connectivity index (χ3n) is 2.64. The van der Waals surface area contributed by atoms with Crippen molar-refractivity contribution in [1.82, 2.24) is 5.32 Å². The van der Waals surface area contributed by atoms with E-state index in [2.05, 4.69) is 10.6 Å². The predicted molar refractivity (Wildman–Crippen MR) is 71.1 cm³/mol. The van der Waals surface area contributed by atoms with Crippen LogP contribution in [0, 0.1) is 0 Å². The van der Waals surface area contributed by atoms with Gasteiger partial charge in [-0.05, 0) is 24.1 Å². The number of rotatable bonds is 5. The van der Waals surface area contributed by atoms with Crippen LogP contribution in [-0.2, 0) is 16.0 Å². The van der Waals surface area contributed by atoms with Crippen LogP contribution >= 0.6 is 0 Å². The second-order valence-corrected chi connectivity index (χ2v) is 4.05. The van der Waals surface area contributed by atoms with E-state index in [1.165, 1.54) is 0 Å². The minimum atomic E-state index is -0.490. The van der Waals surface area contributed by atoms with Crippen molar-refractivity contribution in [2.45, 2.75) is 25.8 Å². The van der Waals surface area contributed by atoms with Gasteiger partial charge >= 0.3 is 0 Å². The maximum atomic E-state index is 11.6. The zero-order valence-corrected chi connectivity index (χ0v) is 10.7. The van der Waals surface area contributed by atoms with Crippen molar-refractivity contribution in [3.63, 3.8) is 0 Å². The molecule has 0 saturated carbocycles. The summed E-state index contributed by atoms with van der Waals surface area (Å²) in [5.74, 6) is -0.239. The Morgan fingerprint density at radius 1 is 1.28 bits per heavy atom. The van der Waals surface area contributed by atoms with Gasteiger partial charge in [0.05, 0.1) is 12.5 Å². The number of nitrogens with one attached hydrogen (secondary N) is 2. The number of benzene rings is 1. The average Bonchev–Trinajstić information content (AvgIpc) is 2.39. The Hall–Kier alpha value is -1.88. The highest BCUT2D eigenvalue weighted by atomic mass is 16.2. The summed E-state index contributed by atoms with van der Waals surface area (Å²) in [5.41, 5.74) is 7.19. The molecule has 0 fully saturated rings. The SMILES string of the molecule is CCC(N)C(=O)Nc1ccc(CC(=O)NC)cc1. The Balaban J connectivity index is 2.60. The van der Waals surface area contributed by atoms with Crippen molar-refractivity contribution in [2.75, 3.05) is 12.4 Å². The highest BCUT2D eigenvalue weighted by Gasteiger charge is 2.10. The van der Waals surface area contributed by atoms with E-state index in [1.807, 2.05) is 19.1 Å². The Kier molecular flexibility index (Phi) is 5.32. The molecule has 1 atom stereocenters. The number of likely N-dealkylation sites (N-methyl/N-ethyl adjacent to an activating group) is 1. The van der Waals surface area contributed by atoms with Crippen LogP contribution in [0.2, 0.25) is 0 Å². The molecule has 1 rings (SSSR count).